The maximum atomic E-state index is 12.9. The first-order chi connectivity index (χ1) is 12.5. The molecule has 4 rings (SSSR count). The van der Waals surface area contributed by atoms with E-state index in [-0.39, 0.29) is 5.91 Å². The molecule has 130 valence electrons. The third kappa shape index (κ3) is 2.79. The topological polar surface area (TPSA) is 63.4 Å². The fraction of sp³-hybridized carbons (Fsp3) is 0.200. The van der Waals surface area contributed by atoms with E-state index >= 15 is 0 Å². The van der Waals surface area contributed by atoms with Gasteiger partial charge in [-0.3, -0.25) is 9.78 Å². The molecule has 1 aromatic carbocycles. The van der Waals surface area contributed by atoms with E-state index in [0.717, 1.165) is 27.9 Å². The number of rotatable bonds is 3. The molecule has 26 heavy (non-hydrogen) atoms. The number of hydrogen-bond donors (Lipinski definition) is 0. The first kappa shape index (κ1) is 16.2. The summed E-state index contributed by atoms with van der Waals surface area (Å²) >= 11 is 0. The molecule has 0 saturated heterocycles. The monoisotopic (exact) mass is 345 g/mol. The SMILES string of the molecule is Cc1cc2nc(C(=O)N(C)Cc3cccc4ncccc34)cc(C)n2n1. The standard InChI is InChI=1S/C20H19N5O/c1-13-10-19-22-18(11-14(2)25(19)23-13)20(26)24(3)12-15-6-4-8-17-16(15)7-5-9-21-17/h4-11H,12H2,1-3H3. The van der Waals surface area contributed by atoms with Gasteiger partial charge in [-0.2, -0.15) is 5.10 Å². The Morgan fingerprint density at radius 2 is 2.00 bits per heavy atom. The van der Waals surface area contributed by atoms with Crippen LogP contribution in [0.4, 0.5) is 0 Å². The van der Waals surface area contributed by atoms with Gasteiger partial charge in [0.2, 0.25) is 0 Å². The number of aryl methyl sites for hydroxylation is 2. The number of benzene rings is 1. The molecular formula is C20H19N5O. The fourth-order valence-corrected chi connectivity index (χ4v) is 3.18. The summed E-state index contributed by atoms with van der Waals surface area (Å²) < 4.78 is 1.75. The molecule has 0 spiro atoms. The van der Waals surface area contributed by atoms with E-state index in [4.69, 9.17) is 0 Å². The summed E-state index contributed by atoms with van der Waals surface area (Å²) in [5, 5.41) is 5.44. The number of pyridine rings is 1. The van der Waals surface area contributed by atoms with E-state index in [1.165, 1.54) is 0 Å². The average molecular weight is 345 g/mol. The van der Waals surface area contributed by atoms with Gasteiger partial charge in [0.25, 0.3) is 5.91 Å². The Kier molecular flexibility index (Phi) is 3.88. The van der Waals surface area contributed by atoms with Crippen molar-refractivity contribution in [2.24, 2.45) is 0 Å². The quantitative estimate of drug-likeness (QED) is 0.572. The summed E-state index contributed by atoms with van der Waals surface area (Å²) in [5.41, 5.74) is 4.86. The van der Waals surface area contributed by atoms with E-state index in [0.29, 0.717) is 17.9 Å². The van der Waals surface area contributed by atoms with Crippen LogP contribution in [-0.4, -0.2) is 37.4 Å². The first-order valence-electron chi connectivity index (χ1n) is 8.45. The number of carbonyl (C=O) groups is 1. The molecule has 0 saturated carbocycles. The lowest BCUT2D eigenvalue weighted by molar-refractivity contribution is 0.0780. The molecule has 3 heterocycles. The van der Waals surface area contributed by atoms with Gasteiger partial charge < -0.3 is 4.90 Å². The van der Waals surface area contributed by atoms with Crippen molar-refractivity contribution in [3.8, 4) is 0 Å². The molecule has 0 atom stereocenters. The van der Waals surface area contributed by atoms with Crippen molar-refractivity contribution in [1.29, 1.82) is 0 Å². The molecule has 0 aliphatic rings. The van der Waals surface area contributed by atoms with Gasteiger partial charge in [-0.25, -0.2) is 9.50 Å². The smallest absolute Gasteiger partial charge is 0.272 e. The number of amides is 1. The highest BCUT2D eigenvalue weighted by Gasteiger charge is 2.17. The second-order valence-electron chi connectivity index (χ2n) is 6.49. The van der Waals surface area contributed by atoms with E-state index in [9.17, 15) is 4.79 Å². The summed E-state index contributed by atoms with van der Waals surface area (Å²) in [4.78, 5) is 23.4. The predicted molar refractivity (Wildman–Crippen MR) is 100 cm³/mol. The van der Waals surface area contributed by atoms with Crippen molar-refractivity contribution in [3.05, 3.63) is 71.3 Å². The van der Waals surface area contributed by atoms with Crippen molar-refractivity contribution in [2.75, 3.05) is 7.05 Å². The van der Waals surface area contributed by atoms with E-state index in [2.05, 4.69) is 15.1 Å². The molecule has 0 aliphatic heterocycles. The number of aromatic nitrogens is 4. The Balaban J connectivity index is 1.65. The van der Waals surface area contributed by atoms with Gasteiger partial charge in [0.05, 0.1) is 11.2 Å². The van der Waals surface area contributed by atoms with Gasteiger partial charge in [-0.05, 0) is 37.6 Å². The Morgan fingerprint density at radius 1 is 1.15 bits per heavy atom. The maximum absolute atomic E-state index is 12.9. The van der Waals surface area contributed by atoms with E-state index in [1.54, 1.807) is 28.7 Å². The lowest BCUT2D eigenvalue weighted by Crippen LogP contribution is -2.27. The average Bonchev–Trinajstić information content (AvgIpc) is 3.02. The largest absolute Gasteiger partial charge is 0.336 e. The second kappa shape index (κ2) is 6.22. The van der Waals surface area contributed by atoms with Gasteiger partial charge in [0.1, 0.15) is 5.69 Å². The molecule has 0 fully saturated rings. The maximum Gasteiger partial charge on any atom is 0.272 e. The Bertz CT molecular complexity index is 1130. The van der Waals surface area contributed by atoms with Crippen LogP contribution in [0.15, 0.2) is 48.7 Å². The van der Waals surface area contributed by atoms with Crippen LogP contribution < -0.4 is 0 Å². The minimum Gasteiger partial charge on any atom is -0.336 e. The van der Waals surface area contributed by atoms with Crippen molar-refractivity contribution < 1.29 is 4.79 Å². The third-order valence-corrected chi connectivity index (χ3v) is 4.44. The zero-order valence-corrected chi connectivity index (χ0v) is 15.0. The van der Waals surface area contributed by atoms with Gasteiger partial charge in [-0.15, -0.1) is 0 Å². The van der Waals surface area contributed by atoms with Crippen LogP contribution in [0.5, 0.6) is 0 Å². The number of hydrogen-bond acceptors (Lipinski definition) is 4. The molecule has 6 heteroatoms. The zero-order valence-electron chi connectivity index (χ0n) is 15.0. The van der Waals surface area contributed by atoms with Gasteiger partial charge in [0, 0.05) is 36.9 Å². The van der Waals surface area contributed by atoms with Crippen LogP contribution >= 0.6 is 0 Å². The Labute approximate surface area is 151 Å². The number of nitrogens with zero attached hydrogens (tertiary/aromatic N) is 5. The molecular weight excluding hydrogens is 326 g/mol. The van der Waals surface area contributed by atoms with Crippen molar-refractivity contribution in [3.63, 3.8) is 0 Å². The molecule has 1 amide bonds. The van der Waals surface area contributed by atoms with E-state index in [1.807, 2.05) is 50.2 Å². The number of carbonyl (C=O) groups excluding carboxylic acids is 1. The predicted octanol–water partition coefficient (Wildman–Crippen LogP) is 3.17. The highest BCUT2D eigenvalue weighted by molar-refractivity contribution is 5.93. The van der Waals surface area contributed by atoms with Gasteiger partial charge in [-0.1, -0.05) is 18.2 Å². The first-order valence-corrected chi connectivity index (χ1v) is 8.45. The van der Waals surface area contributed by atoms with Crippen LogP contribution in [0.3, 0.4) is 0 Å². The molecule has 3 aromatic heterocycles. The van der Waals surface area contributed by atoms with Crippen molar-refractivity contribution in [2.45, 2.75) is 20.4 Å². The van der Waals surface area contributed by atoms with Crippen LogP contribution in [-0.2, 0) is 6.54 Å². The van der Waals surface area contributed by atoms with E-state index < -0.39 is 0 Å². The summed E-state index contributed by atoms with van der Waals surface area (Å²) in [5.74, 6) is -0.115. The zero-order chi connectivity index (χ0) is 18.3. The molecule has 6 nitrogen and oxygen atoms in total. The summed E-state index contributed by atoms with van der Waals surface area (Å²) in [6.45, 7) is 4.33. The summed E-state index contributed by atoms with van der Waals surface area (Å²) in [6.07, 6.45) is 1.77. The Hall–Kier alpha value is -3.28. The fourth-order valence-electron chi connectivity index (χ4n) is 3.18. The Morgan fingerprint density at radius 3 is 2.85 bits per heavy atom. The van der Waals surface area contributed by atoms with Gasteiger partial charge >= 0.3 is 0 Å². The van der Waals surface area contributed by atoms with Crippen molar-refractivity contribution in [1.82, 2.24) is 24.5 Å². The second-order valence-corrected chi connectivity index (χ2v) is 6.49. The van der Waals surface area contributed by atoms with Crippen LogP contribution in [0.2, 0.25) is 0 Å². The molecule has 4 aromatic rings. The van der Waals surface area contributed by atoms with Crippen LogP contribution in [0.1, 0.15) is 27.4 Å². The lowest BCUT2D eigenvalue weighted by atomic mass is 10.1. The minimum atomic E-state index is -0.115. The van der Waals surface area contributed by atoms with Crippen molar-refractivity contribution >= 4 is 22.5 Å². The highest BCUT2D eigenvalue weighted by atomic mass is 16.2. The van der Waals surface area contributed by atoms with Crippen LogP contribution in [0.25, 0.3) is 16.6 Å². The normalized spacial score (nSPS) is 11.2. The van der Waals surface area contributed by atoms with Gasteiger partial charge in [0.15, 0.2) is 5.65 Å². The highest BCUT2D eigenvalue weighted by Crippen LogP contribution is 2.19. The number of fused-ring (bicyclic) bond motifs is 2. The molecule has 0 aliphatic carbocycles. The third-order valence-electron chi connectivity index (χ3n) is 4.44. The minimum absolute atomic E-state index is 0.115. The summed E-state index contributed by atoms with van der Waals surface area (Å²) in [6, 6.07) is 13.6. The molecule has 0 N–H and O–H groups in total. The van der Waals surface area contributed by atoms with Crippen LogP contribution in [0, 0.1) is 13.8 Å². The molecule has 0 unspecified atom stereocenters. The summed E-state index contributed by atoms with van der Waals surface area (Å²) in [7, 11) is 1.79. The molecule has 0 bridgehead atoms. The molecule has 0 radical (unpaired) electrons. The lowest BCUT2D eigenvalue weighted by Gasteiger charge is -2.18.